The van der Waals surface area contributed by atoms with E-state index >= 15 is 0 Å². The summed E-state index contributed by atoms with van der Waals surface area (Å²) in [5.41, 5.74) is 0.866. The Bertz CT molecular complexity index is 336. The maximum atomic E-state index is 10.9. The molecular weight excluding hydrogens is 206 g/mol. The molecule has 16 heavy (non-hydrogen) atoms. The van der Waals surface area contributed by atoms with Gasteiger partial charge >= 0.3 is 5.97 Å². The third-order valence-corrected chi connectivity index (χ3v) is 2.44. The lowest BCUT2D eigenvalue weighted by Gasteiger charge is -2.12. The van der Waals surface area contributed by atoms with Gasteiger partial charge in [0.05, 0.1) is 5.69 Å². The summed E-state index contributed by atoms with van der Waals surface area (Å²) in [7, 11) is 1.84. The summed E-state index contributed by atoms with van der Waals surface area (Å²) in [6, 6.07) is 1.41. The van der Waals surface area contributed by atoms with Crippen molar-refractivity contribution >= 4 is 5.97 Å². The van der Waals surface area contributed by atoms with Crippen LogP contribution in [0.4, 0.5) is 0 Å². The molecule has 0 bridgehead atoms. The van der Waals surface area contributed by atoms with Crippen LogP contribution in [0.1, 0.15) is 31.9 Å². The van der Waals surface area contributed by atoms with Crippen LogP contribution in [-0.2, 0) is 18.4 Å². The maximum Gasteiger partial charge on any atom is 0.320 e. The van der Waals surface area contributed by atoms with Crippen molar-refractivity contribution in [3.8, 4) is 0 Å². The number of carbonyl (C=O) groups is 1. The largest absolute Gasteiger partial charge is 0.480 e. The summed E-state index contributed by atoms with van der Waals surface area (Å²) >= 11 is 0. The van der Waals surface area contributed by atoms with Crippen LogP contribution in [0.5, 0.6) is 0 Å². The van der Waals surface area contributed by atoms with E-state index in [1.54, 1.807) is 4.68 Å². The van der Waals surface area contributed by atoms with Crippen molar-refractivity contribution in [2.75, 3.05) is 0 Å². The molecule has 0 aromatic carbocycles. The molecule has 0 saturated carbocycles. The van der Waals surface area contributed by atoms with Crippen molar-refractivity contribution in [1.29, 1.82) is 0 Å². The Morgan fingerprint density at radius 2 is 2.44 bits per heavy atom. The predicted molar refractivity (Wildman–Crippen MR) is 61.0 cm³/mol. The van der Waals surface area contributed by atoms with Crippen molar-refractivity contribution < 1.29 is 9.90 Å². The van der Waals surface area contributed by atoms with Crippen LogP contribution in [0, 0.1) is 0 Å². The summed E-state index contributed by atoms with van der Waals surface area (Å²) in [4.78, 5) is 10.9. The highest BCUT2D eigenvalue weighted by atomic mass is 16.4. The second kappa shape index (κ2) is 6.27. The highest BCUT2D eigenvalue weighted by Crippen LogP contribution is 2.02. The highest BCUT2D eigenvalue weighted by molar-refractivity contribution is 5.73. The minimum absolute atomic E-state index is 0.470. The number of nitrogens with one attached hydrogen (secondary N) is 1. The fourth-order valence-corrected chi connectivity index (χ4v) is 1.51. The van der Waals surface area contributed by atoms with E-state index in [4.69, 9.17) is 5.11 Å². The van der Waals surface area contributed by atoms with Gasteiger partial charge < -0.3 is 5.11 Å². The number of carboxylic acid groups (broad SMARTS) is 1. The molecule has 1 unspecified atom stereocenters. The number of rotatable bonds is 7. The molecule has 5 nitrogen and oxygen atoms in total. The monoisotopic (exact) mass is 225 g/mol. The molecule has 1 aromatic heterocycles. The molecular formula is C11H19N3O2. The molecule has 1 rings (SSSR count). The summed E-state index contributed by atoms with van der Waals surface area (Å²) in [6.45, 7) is 2.55. The van der Waals surface area contributed by atoms with Crippen molar-refractivity contribution in [2.24, 2.45) is 7.05 Å². The fraction of sp³-hybridized carbons (Fsp3) is 0.636. The van der Waals surface area contributed by atoms with Gasteiger partial charge in [-0.05, 0) is 12.5 Å². The fourth-order valence-electron chi connectivity index (χ4n) is 1.51. The zero-order valence-corrected chi connectivity index (χ0v) is 9.81. The van der Waals surface area contributed by atoms with Gasteiger partial charge in [0, 0.05) is 19.8 Å². The van der Waals surface area contributed by atoms with Crippen LogP contribution in [-0.4, -0.2) is 26.9 Å². The Balaban J connectivity index is 2.40. The van der Waals surface area contributed by atoms with Gasteiger partial charge in [-0.15, -0.1) is 0 Å². The second-order valence-corrected chi connectivity index (χ2v) is 3.89. The van der Waals surface area contributed by atoms with E-state index in [9.17, 15) is 4.79 Å². The molecule has 90 valence electrons. The second-order valence-electron chi connectivity index (χ2n) is 3.89. The molecule has 0 amide bonds. The normalized spacial score (nSPS) is 12.6. The number of hydrogen-bond acceptors (Lipinski definition) is 3. The summed E-state index contributed by atoms with van der Waals surface area (Å²) in [5.74, 6) is -0.788. The van der Waals surface area contributed by atoms with Crippen LogP contribution in [0.2, 0.25) is 0 Å². The van der Waals surface area contributed by atoms with Crippen LogP contribution >= 0.6 is 0 Å². The zero-order chi connectivity index (χ0) is 12.0. The molecule has 0 saturated heterocycles. The van der Waals surface area contributed by atoms with Gasteiger partial charge in [0.2, 0.25) is 0 Å². The Morgan fingerprint density at radius 3 is 2.94 bits per heavy atom. The van der Waals surface area contributed by atoms with Gasteiger partial charge in [-0.25, -0.2) is 0 Å². The van der Waals surface area contributed by atoms with Gasteiger partial charge in [0.1, 0.15) is 6.04 Å². The van der Waals surface area contributed by atoms with E-state index < -0.39 is 12.0 Å². The molecule has 1 atom stereocenters. The number of aromatic nitrogens is 2. The Morgan fingerprint density at radius 1 is 1.69 bits per heavy atom. The van der Waals surface area contributed by atoms with Crippen LogP contribution in [0.15, 0.2) is 12.3 Å². The number of aryl methyl sites for hydroxylation is 1. The van der Waals surface area contributed by atoms with Gasteiger partial charge in [-0.1, -0.05) is 19.8 Å². The summed E-state index contributed by atoms with van der Waals surface area (Å²) < 4.78 is 1.71. The molecule has 1 aromatic rings. The van der Waals surface area contributed by atoms with Crippen molar-refractivity contribution in [3.05, 3.63) is 18.0 Å². The smallest absolute Gasteiger partial charge is 0.320 e. The first-order chi connectivity index (χ1) is 7.63. The van der Waals surface area contributed by atoms with Gasteiger partial charge in [0.15, 0.2) is 0 Å². The minimum Gasteiger partial charge on any atom is -0.480 e. The average Bonchev–Trinajstić information content (AvgIpc) is 2.64. The van der Waals surface area contributed by atoms with Crippen LogP contribution in [0.25, 0.3) is 0 Å². The third kappa shape index (κ3) is 4.02. The molecule has 0 aliphatic carbocycles. The van der Waals surface area contributed by atoms with Gasteiger partial charge in [0.25, 0.3) is 0 Å². The lowest BCUT2D eigenvalue weighted by Crippen LogP contribution is -2.36. The van der Waals surface area contributed by atoms with Gasteiger partial charge in [-0.3, -0.25) is 14.8 Å². The molecule has 0 aliphatic rings. The minimum atomic E-state index is -0.788. The molecule has 0 fully saturated rings. The third-order valence-electron chi connectivity index (χ3n) is 2.44. The molecule has 0 radical (unpaired) electrons. The first-order valence-corrected chi connectivity index (χ1v) is 5.58. The summed E-state index contributed by atoms with van der Waals surface area (Å²) in [6.07, 6.45) is 4.44. The lowest BCUT2D eigenvalue weighted by molar-refractivity contribution is -0.139. The number of nitrogens with zero attached hydrogens (tertiary/aromatic N) is 2. The first kappa shape index (κ1) is 12.7. The number of unbranched alkanes of at least 4 members (excludes halogenated alkanes) is 1. The van der Waals surface area contributed by atoms with Crippen molar-refractivity contribution in [2.45, 2.75) is 38.8 Å². The Labute approximate surface area is 95.5 Å². The van der Waals surface area contributed by atoms with E-state index in [2.05, 4.69) is 17.3 Å². The van der Waals surface area contributed by atoms with Crippen molar-refractivity contribution in [1.82, 2.24) is 15.1 Å². The maximum absolute atomic E-state index is 10.9. The van der Waals surface area contributed by atoms with E-state index in [0.29, 0.717) is 13.0 Å². The highest BCUT2D eigenvalue weighted by Gasteiger charge is 2.15. The van der Waals surface area contributed by atoms with E-state index in [1.807, 2.05) is 19.3 Å². The number of carboxylic acids is 1. The van der Waals surface area contributed by atoms with Crippen molar-refractivity contribution in [3.63, 3.8) is 0 Å². The van der Waals surface area contributed by atoms with Crippen LogP contribution in [0.3, 0.4) is 0 Å². The number of aliphatic carboxylic acids is 1. The Hall–Kier alpha value is -1.36. The lowest BCUT2D eigenvalue weighted by atomic mass is 10.1. The molecule has 1 heterocycles. The average molecular weight is 225 g/mol. The van der Waals surface area contributed by atoms with E-state index in [1.165, 1.54) is 0 Å². The molecule has 0 aliphatic heterocycles. The SMILES string of the molecule is CCCCC(NCc1ccn(C)n1)C(=O)O. The quantitative estimate of drug-likeness (QED) is 0.730. The molecule has 5 heteroatoms. The van der Waals surface area contributed by atoms with Gasteiger partial charge in [-0.2, -0.15) is 5.10 Å². The first-order valence-electron chi connectivity index (χ1n) is 5.58. The topological polar surface area (TPSA) is 67.2 Å². The molecule has 0 spiro atoms. The predicted octanol–water partition coefficient (Wildman–Crippen LogP) is 1.15. The zero-order valence-electron chi connectivity index (χ0n) is 9.81. The standard InChI is InChI=1S/C11H19N3O2/c1-3-4-5-10(11(15)16)12-8-9-6-7-14(2)13-9/h6-7,10,12H,3-5,8H2,1-2H3,(H,15,16). The Kier molecular flexibility index (Phi) is 4.98. The number of hydrogen-bond donors (Lipinski definition) is 2. The van der Waals surface area contributed by atoms with E-state index in [-0.39, 0.29) is 0 Å². The molecule has 2 N–H and O–H groups in total. The van der Waals surface area contributed by atoms with E-state index in [0.717, 1.165) is 18.5 Å². The van der Waals surface area contributed by atoms with Crippen LogP contribution < -0.4 is 5.32 Å². The summed E-state index contributed by atoms with van der Waals surface area (Å²) in [5, 5.41) is 16.2.